The molecule has 3 rings (SSSR count). The zero-order valence-electron chi connectivity index (χ0n) is 16.0. The number of phenolic OH excluding ortho intramolecular Hbond substituents is 1. The first kappa shape index (κ1) is 21.0. The lowest BCUT2D eigenvalue weighted by Gasteiger charge is -2.13. The van der Waals surface area contributed by atoms with Gasteiger partial charge in [0.2, 0.25) is 5.91 Å². The summed E-state index contributed by atoms with van der Waals surface area (Å²) in [6, 6.07) is 16.6. The number of phenols is 1. The van der Waals surface area contributed by atoms with Crippen molar-refractivity contribution in [3.63, 3.8) is 0 Å². The van der Waals surface area contributed by atoms with E-state index in [0.717, 1.165) is 10.7 Å². The molecule has 0 bridgehead atoms. The Balaban J connectivity index is 1.66. The number of amides is 1. The number of hydrogen-bond donors (Lipinski definition) is 2. The minimum atomic E-state index is -0.389. The van der Waals surface area contributed by atoms with E-state index in [0.29, 0.717) is 23.1 Å². The Hall–Kier alpha value is -2.71. The van der Waals surface area contributed by atoms with Gasteiger partial charge < -0.3 is 15.0 Å². The first-order valence-corrected chi connectivity index (χ1v) is 10.9. The number of rotatable bonds is 9. The molecular formula is C21H22N4O2S2. The summed E-state index contributed by atoms with van der Waals surface area (Å²) in [5.74, 6) is 1.44. The molecule has 0 aliphatic rings. The molecule has 0 saturated heterocycles. The molecule has 0 fully saturated rings. The average Bonchev–Trinajstić information content (AvgIpc) is 3.09. The number of benzene rings is 2. The molecule has 2 aromatic carbocycles. The molecule has 1 atom stereocenters. The number of hydrogen-bond acceptors (Lipinski definition) is 6. The Morgan fingerprint density at radius 3 is 2.76 bits per heavy atom. The third kappa shape index (κ3) is 5.88. The van der Waals surface area contributed by atoms with E-state index in [-0.39, 0.29) is 16.9 Å². The third-order valence-corrected chi connectivity index (χ3v) is 6.07. The van der Waals surface area contributed by atoms with Crippen molar-refractivity contribution in [2.75, 3.05) is 5.32 Å². The van der Waals surface area contributed by atoms with Crippen LogP contribution in [-0.2, 0) is 17.1 Å². The van der Waals surface area contributed by atoms with Gasteiger partial charge in [-0.2, -0.15) is 0 Å². The standard InChI is InChI=1S/C21H22N4O2S2/c1-3-12-25-19(14-28-18-10-5-4-6-11-18)23-24-21(25)29-15(2)20(27)22-16-8-7-9-17(26)13-16/h3-11,13,15,26H,1,12,14H2,2H3,(H,22,27). The maximum Gasteiger partial charge on any atom is 0.237 e. The van der Waals surface area contributed by atoms with Gasteiger partial charge in [0.25, 0.3) is 0 Å². The zero-order chi connectivity index (χ0) is 20.6. The fraction of sp³-hybridized carbons (Fsp3) is 0.190. The summed E-state index contributed by atoms with van der Waals surface area (Å²) < 4.78 is 1.98. The molecule has 0 spiro atoms. The number of thioether (sulfide) groups is 2. The van der Waals surface area contributed by atoms with Gasteiger partial charge in [-0.3, -0.25) is 4.79 Å². The molecule has 6 nitrogen and oxygen atoms in total. The molecule has 2 N–H and O–H groups in total. The van der Waals surface area contributed by atoms with Crippen LogP contribution >= 0.6 is 23.5 Å². The summed E-state index contributed by atoms with van der Waals surface area (Å²) in [5, 5.41) is 21.2. The normalized spacial score (nSPS) is 11.8. The van der Waals surface area contributed by atoms with Crippen LogP contribution in [0.4, 0.5) is 5.69 Å². The Bertz CT molecular complexity index is 976. The molecule has 0 aliphatic carbocycles. The van der Waals surface area contributed by atoms with Crippen LogP contribution in [0.15, 0.2) is 77.3 Å². The SMILES string of the molecule is C=CCn1c(CSc2ccccc2)nnc1SC(C)C(=O)Nc1cccc(O)c1. The lowest BCUT2D eigenvalue weighted by Crippen LogP contribution is -2.23. The smallest absolute Gasteiger partial charge is 0.237 e. The van der Waals surface area contributed by atoms with E-state index < -0.39 is 0 Å². The molecule has 150 valence electrons. The van der Waals surface area contributed by atoms with Gasteiger partial charge in [-0.25, -0.2) is 0 Å². The Kier molecular flexibility index (Phi) is 7.37. The van der Waals surface area contributed by atoms with Crippen molar-refractivity contribution in [1.29, 1.82) is 0 Å². The van der Waals surface area contributed by atoms with Crippen molar-refractivity contribution >= 4 is 35.1 Å². The Labute approximate surface area is 178 Å². The van der Waals surface area contributed by atoms with Crippen LogP contribution in [0.5, 0.6) is 5.75 Å². The van der Waals surface area contributed by atoms with E-state index in [9.17, 15) is 9.90 Å². The first-order chi connectivity index (χ1) is 14.1. The Morgan fingerprint density at radius 1 is 1.24 bits per heavy atom. The van der Waals surface area contributed by atoms with Crippen molar-refractivity contribution in [3.05, 3.63) is 73.1 Å². The highest BCUT2D eigenvalue weighted by atomic mass is 32.2. The predicted octanol–water partition coefficient (Wildman–Crippen LogP) is 4.58. The minimum absolute atomic E-state index is 0.106. The van der Waals surface area contributed by atoms with Gasteiger partial charge >= 0.3 is 0 Å². The highest BCUT2D eigenvalue weighted by molar-refractivity contribution is 8.00. The highest BCUT2D eigenvalue weighted by Gasteiger charge is 2.20. The van der Waals surface area contributed by atoms with E-state index >= 15 is 0 Å². The van der Waals surface area contributed by atoms with Crippen LogP contribution in [-0.4, -0.2) is 31.0 Å². The second-order valence-corrected chi connectivity index (χ2v) is 8.56. The fourth-order valence-corrected chi connectivity index (χ4v) is 4.27. The zero-order valence-corrected chi connectivity index (χ0v) is 17.6. The van der Waals surface area contributed by atoms with Gasteiger partial charge in [0.15, 0.2) is 5.16 Å². The van der Waals surface area contributed by atoms with Crippen LogP contribution in [0, 0.1) is 0 Å². The summed E-state index contributed by atoms with van der Waals surface area (Å²) in [6.45, 7) is 6.20. The number of nitrogens with zero attached hydrogens (tertiary/aromatic N) is 3. The second-order valence-electron chi connectivity index (χ2n) is 6.20. The predicted molar refractivity (Wildman–Crippen MR) is 118 cm³/mol. The number of carbonyl (C=O) groups excluding carboxylic acids is 1. The van der Waals surface area contributed by atoms with Crippen molar-refractivity contribution < 1.29 is 9.90 Å². The quantitative estimate of drug-likeness (QED) is 0.385. The van der Waals surface area contributed by atoms with Gasteiger partial charge in [0, 0.05) is 23.2 Å². The molecular weight excluding hydrogens is 404 g/mol. The number of aromatic hydroxyl groups is 1. The minimum Gasteiger partial charge on any atom is -0.508 e. The van der Waals surface area contributed by atoms with E-state index in [4.69, 9.17) is 0 Å². The fourth-order valence-electron chi connectivity index (χ4n) is 2.53. The van der Waals surface area contributed by atoms with Gasteiger partial charge in [0.05, 0.1) is 11.0 Å². The lowest BCUT2D eigenvalue weighted by atomic mass is 10.3. The summed E-state index contributed by atoms with van der Waals surface area (Å²) in [4.78, 5) is 13.7. The summed E-state index contributed by atoms with van der Waals surface area (Å²) in [7, 11) is 0. The van der Waals surface area contributed by atoms with Gasteiger partial charge in [-0.15, -0.1) is 28.5 Å². The molecule has 1 heterocycles. The molecule has 1 aromatic heterocycles. The lowest BCUT2D eigenvalue weighted by molar-refractivity contribution is -0.115. The van der Waals surface area contributed by atoms with Crippen molar-refractivity contribution in [2.24, 2.45) is 0 Å². The van der Waals surface area contributed by atoms with Crippen LogP contribution in [0.25, 0.3) is 0 Å². The molecule has 0 radical (unpaired) electrons. The number of aromatic nitrogens is 3. The monoisotopic (exact) mass is 426 g/mol. The first-order valence-electron chi connectivity index (χ1n) is 9.04. The molecule has 29 heavy (non-hydrogen) atoms. The Morgan fingerprint density at radius 2 is 2.03 bits per heavy atom. The van der Waals surface area contributed by atoms with Crippen molar-refractivity contribution in [3.8, 4) is 5.75 Å². The largest absolute Gasteiger partial charge is 0.508 e. The van der Waals surface area contributed by atoms with Gasteiger partial charge in [-0.1, -0.05) is 42.1 Å². The topological polar surface area (TPSA) is 80.0 Å². The maximum absolute atomic E-state index is 12.5. The molecule has 0 aliphatic heterocycles. The van der Waals surface area contributed by atoms with E-state index in [1.165, 1.54) is 17.8 Å². The summed E-state index contributed by atoms with van der Waals surface area (Å²) >= 11 is 3.03. The van der Waals surface area contributed by atoms with Gasteiger partial charge in [0.1, 0.15) is 11.6 Å². The van der Waals surface area contributed by atoms with E-state index in [2.05, 4.69) is 34.2 Å². The van der Waals surface area contributed by atoms with Crippen LogP contribution in [0.2, 0.25) is 0 Å². The number of nitrogens with one attached hydrogen (secondary N) is 1. The van der Waals surface area contributed by atoms with Crippen molar-refractivity contribution in [2.45, 2.75) is 34.5 Å². The van der Waals surface area contributed by atoms with Crippen LogP contribution in [0.1, 0.15) is 12.7 Å². The highest BCUT2D eigenvalue weighted by Crippen LogP contribution is 2.27. The van der Waals surface area contributed by atoms with Gasteiger partial charge in [-0.05, 0) is 31.2 Å². The summed E-state index contributed by atoms with van der Waals surface area (Å²) in [6.07, 6.45) is 1.79. The summed E-state index contributed by atoms with van der Waals surface area (Å²) in [5.41, 5.74) is 0.551. The van der Waals surface area contributed by atoms with Crippen molar-refractivity contribution in [1.82, 2.24) is 14.8 Å². The van der Waals surface area contributed by atoms with Crippen LogP contribution < -0.4 is 5.32 Å². The molecule has 0 saturated carbocycles. The molecule has 8 heteroatoms. The number of carbonyl (C=O) groups is 1. The maximum atomic E-state index is 12.5. The van der Waals surface area contributed by atoms with E-state index in [1.807, 2.05) is 29.7 Å². The molecule has 1 amide bonds. The second kappa shape index (κ2) is 10.2. The third-order valence-electron chi connectivity index (χ3n) is 3.98. The molecule has 1 unspecified atom stereocenters. The van der Waals surface area contributed by atoms with E-state index in [1.54, 1.807) is 36.0 Å². The molecule has 3 aromatic rings. The van der Waals surface area contributed by atoms with Crippen LogP contribution in [0.3, 0.4) is 0 Å². The number of anilines is 1. The average molecular weight is 427 g/mol. The number of allylic oxidation sites excluding steroid dienone is 1.